The van der Waals surface area contributed by atoms with Gasteiger partial charge in [-0.05, 0) is 17.7 Å². The van der Waals surface area contributed by atoms with Crippen LogP contribution in [0.2, 0.25) is 5.02 Å². The van der Waals surface area contributed by atoms with Gasteiger partial charge < -0.3 is 0 Å². The van der Waals surface area contributed by atoms with Crippen molar-refractivity contribution in [2.45, 2.75) is 0 Å². The second kappa shape index (κ2) is 3.99. The maximum Gasteiger partial charge on any atom is 0.167 e. The normalized spacial score (nSPS) is 10.3. The minimum atomic E-state index is -0.970. The molecule has 0 spiro atoms. The van der Waals surface area contributed by atoms with Crippen LogP contribution >= 0.6 is 11.6 Å². The zero-order valence-corrected chi connectivity index (χ0v) is 8.35. The van der Waals surface area contributed by atoms with E-state index in [9.17, 15) is 8.78 Å². The van der Waals surface area contributed by atoms with E-state index in [1.807, 2.05) is 0 Å². The molecule has 0 heterocycles. The maximum absolute atomic E-state index is 13.3. The van der Waals surface area contributed by atoms with Crippen molar-refractivity contribution in [3.63, 3.8) is 0 Å². The molecule has 0 aliphatic rings. The van der Waals surface area contributed by atoms with Gasteiger partial charge in [0.25, 0.3) is 0 Å². The molecular formula is C12H6ClF2. The molecule has 0 aliphatic carbocycles. The van der Waals surface area contributed by atoms with Crippen LogP contribution in [0.25, 0.3) is 11.1 Å². The van der Waals surface area contributed by atoms with Gasteiger partial charge in [0.15, 0.2) is 11.6 Å². The van der Waals surface area contributed by atoms with Crippen LogP contribution < -0.4 is 0 Å². The Labute approximate surface area is 91.1 Å². The first kappa shape index (κ1) is 10.1. The van der Waals surface area contributed by atoms with Gasteiger partial charge in [0.2, 0.25) is 0 Å². The Kier molecular flexibility index (Phi) is 2.69. The van der Waals surface area contributed by atoms with E-state index in [0.29, 0.717) is 10.6 Å². The van der Waals surface area contributed by atoms with Gasteiger partial charge in [-0.25, -0.2) is 8.78 Å². The van der Waals surface area contributed by atoms with E-state index in [1.54, 1.807) is 24.3 Å². The molecule has 2 aromatic carbocycles. The van der Waals surface area contributed by atoms with Crippen molar-refractivity contribution in [1.29, 1.82) is 0 Å². The number of benzene rings is 2. The zero-order chi connectivity index (χ0) is 10.8. The monoisotopic (exact) mass is 223 g/mol. The Balaban J connectivity index is 2.54. The number of hydrogen-bond donors (Lipinski definition) is 0. The molecule has 1 radical (unpaired) electrons. The van der Waals surface area contributed by atoms with Crippen molar-refractivity contribution in [3.8, 4) is 11.1 Å². The molecule has 0 amide bonds. The lowest BCUT2D eigenvalue weighted by atomic mass is 10.1. The van der Waals surface area contributed by atoms with Crippen molar-refractivity contribution >= 4 is 11.6 Å². The number of halogens is 3. The summed E-state index contributed by atoms with van der Waals surface area (Å²) in [6.45, 7) is 0. The lowest BCUT2D eigenvalue weighted by Gasteiger charge is -2.03. The van der Waals surface area contributed by atoms with E-state index in [-0.39, 0.29) is 5.56 Å². The molecule has 3 heteroatoms. The molecule has 0 atom stereocenters. The molecule has 0 aromatic heterocycles. The average Bonchev–Trinajstić information content (AvgIpc) is 2.24. The fourth-order valence-corrected chi connectivity index (χ4v) is 1.43. The molecule has 0 saturated heterocycles. The number of hydrogen-bond acceptors (Lipinski definition) is 0. The summed E-state index contributed by atoms with van der Waals surface area (Å²) in [4.78, 5) is 0. The van der Waals surface area contributed by atoms with Crippen LogP contribution in [0.15, 0.2) is 36.4 Å². The van der Waals surface area contributed by atoms with Crippen LogP contribution in [0.1, 0.15) is 0 Å². The van der Waals surface area contributed by atoms with Crippen molar-refractivity contribution in [2.24, 2.45) is 0 Å². The van der Waals surface area contributed by atoms with E-state index in [1.165, 1.54) is 12.1 Å². The SMILES string of the molecule is Fc1[c]ccc(-c2ccc(Cl)cc2)c1F. The Morgan fingerprint density at radius 2 is 1.67 bits per heavy atom. The molecule has 0 bridgehead atoms. The van der Waals surface area contributed by atoms with E-state index >= 15 is 0 Å². The van der Waals surface area contributed by atoms with Crippen LogP contribution in [0.5, 0.6) is 0 Å². The quantitative estimate of drug-likeness (QED) is 0.683. The Morgan fingerprint density at radius 3 is 2.33 bits per heavy atom. The van der Waals surface area contributed by atoms with Crippen molar-refractivity contribution in [2.75, 3.05) is 0 Å². The van der Waals surface area contributed by atoms with Gasteiger partial charge in [0.05, 0.1) is 0 Å². The smallest absolute Gasteiger partial charge is 0.167 e. The summed E-state index contributed by atoms with van der Waals surface area (Å²) < 4.78 is 26.2. The lowest BCUT2D eigenvalue weighted by molar-refractivity contribution is 0.509. The van der Waals surface area contributed by atoms with Gasteiger partial charge >= 0.3 is 0 Å². The Bertz CT molecular complexity index is 477. The molecule has 0 N–H and O–H groups in total. The van der Waals surface area contributed by atoms with Crippen molar-refractivity contribution in [1.82, 2.24) is 0 Å². The van der Waals surface area contributed by atoms with Crippen LogP contribution in [0.3, 0.4) is 0 Å². The molecule has 0 nitrogen and oxygen atoms in total. The third-order valence-corrected chi connectivity index (χ3v) is 2.30. The highest BCUT2D eigenvalue weighted by Crippen LogP contribution is 2.25. The van der Waals surface area contributed by atoms with Crippen LogP contribution in [0.4, 0.5) is 8.78 Å². The first-order valence-electron chi connectivity index (χ1n) is 4.30. The Morgan fingerprint density at radius 1 is 1.00 bits per heavy atom. The molecule has 0 saturated carbocycles. The van der Waals surface area contributed by atoms with Gasteiger partial charge in [-0.3, -0.25) is 0 Å². The van der Waals surface area contributed by atoms with Gasteiger partial charge in [-0.1, -0.05) is 35.9 Å². The first-order chi connectivity index (χ1) is 7.18. The minimum Gasteiger partial charge on any atom is -0.203 e. The fraction of sp³-hybridized carbons (Fsp3) is 0. The first-order valence-corrected chi connectivity index (χ1v) is 4.68. The highest BCUT2D eigenvalue weighted by atomic mass is 35.5. The summed E-state index contributed by atoms with van der Waals surface area (Å²) in [6, 6.07) is 11.5. The van der Waals surface area contributed by atoms with Gasteiger partial charge in [-0.2, -0.15) is 0 Å². The largest absolute Gasteiger partial charge is 0.203 e. The van der Waals surface area contributed by atoms with Crippen molar-refractivity contribution < 1.29 is 8.78 Å². The summed E-state index contributed by atoms with van der Waals surface area (Å²) in [5, 5.41) is 0.558. The van der Waals surface area contributed by atoms with Crippen LogP contribution in [0, 0.1) is 17.7 Å². The Hall–Kier alpha value is -1.41. The van der Waals surface area contributed by atoms with Gasteiger partial charge in [-0.15, -0.1) is 0 Å². The summed E-state index contributed by atoms with van der Waals surface area (Å²) in [7, 11) is 0. The van der Waals surface area contributed by atoms with E-state index in [2.05, 4.69) is 6.07 Å². The summed E-state index contributed by atoms with van der Waals surface area (Å²) in [5.41, 5.74) is 0.799. The highest BCUT2D eigenvalue weighted by molar-refractivity contribution is 6.30. The second-order valence-corrected chi connectivity index (χ2v) is 3.46. The fourth-order valence-electron chi connectivity index (χ4n) is 1.31. The molecule has 2 rings (SSSR count). The summed E-state index contributed by atoms with van der Waals surface area (Å²) in [5.74, 6) is -1.86. The average molecular weight is 224 g/mol. The second-order valence-electron chi connectivity index (χ2n) is 3.03. The molecule has 0 unspecified atom stereocenters. The number of rotatable bonds is 1. The molecule has 2 aromatic rings. The standard InChI is InChI=1S/C12H6ClF2/c13-9-6-4-8(5-7-9)10-2-1-3-11(14)12(10)15/h1-2,4-7H. The van der Waals surface area contributed by atoms with Gasteiger partial charge in [0, 0.05) is 16.7 Å². The third-order valence-electron chi connectivity index (χ3n) is 2.04. The summed E-state index contributed by atoms with van der Waals surface area (Å²) in [6.07, 6.45) is 0. The van der Waals surface area contributed by atoms with Gasteiger partial charge in [0.1, 0.15) is 0 Å². The molecule has 0 aliphatic heterocycles. The van der Waals surface area contributed by atoms with E-state index in [0.717, 1.165) is 0 Å². The molecule has 15 heavy (non-hydrogen) atoms. The minimum absolute atomic E-state index is 0.211. The lowest BCUT2D eigenvalue weighted by Crippen LogP contribution is -1.88. The third kappa shape index (κ3) is 2.00. The maximum atomic E-state index is 13.3. The van der Waals surface area contributed by atoms with E-state index < -0.39 is 11.6 Å². The summed E-state index contributed by atoms with van der Waals surface area (Å²) >= 11 is 5.70. The predicted octanol–water partition coefficient (Wildman–Crippen LogP) is 4.09. The molecule has 0 fully saturated rings. The topological polar surface area (TPSA) is 0 Å². The van der Waals surface area contributed by atoms with Crippen LogP contribution in [-0.2, 0) is 0 Å². The van der Waals surface area contributed by atoms with Crippen molar-refractivity contribution in [3.05, 3.63) is 59.1 Å². The predicted molar refractivity (Wildman–Crippen MR) is 55.6 cm³/mol. The van der Waals surface area contributed by atoms with Crippen LogP contribution in [-0.4, -0.2) is 0 Å². The molecule has 75 valence electrons. The van der Waals surface area contributed by atoms with E-state index in [4.69, 9.17) is 11.6 Å². The zero-order valence-electron chi connectivity index (χ0n) is 7.60. The highest BCUT2D eigenvalue weighted by Gasteiger charge is 2.09. The molecular weight excluding hydrogens is 218 g/mol.